The fourth-order valence-electron chi connectivity index (χ4n) is 3.94. The quantitative estimate of drug-likeness (QED) is 0.509. The van der Waals surface area contributed by atoms with Crippen molar-refractivity contribution >= 4 is 17.5 Å². The normalized spacial score (nSPS) is 14.6. The second-order valence-electron chi connectivity index (χ2n) is 8.67. The van der Waals surface area contributed by atoms with E-state index in [0.717, 1.165) is 29.5 Å². The first kappa shape index (κ1) is 26.1. The summed E-state index contributed by atoms with van der Waals surface area (Å²) in [7, 11) is 3.64. The maximum absolute atomic E-state index is 12.8. The van der Waals surface area contributed by atoms with Crippen LogP contribution in [0.2, 0.25) is 0 Å². The first-order valence-corrected chi connectivity index (χ1v) is 11.5. The molecule has 0 spiro atoms. The molecule has 186 valence electrons. The van der Waals surface area contributed by atoms with Crippen molar-refractivity contribution in [1.29, 1.82) is 0 Å². The number of aliphatic hydroxyl groups is 1. The fraction of sp³-hybridized carbons (Fsp3) is 0.333. The van der Waals surface area contributed by atoms with E-state index in [0.29, 0.717) is 19.9 Å². The highest BCUT2D eigenvalue weighted by atomic mass is 19.3. The van der Waals surface area contributed by atoms with Crippen LogP contribution in [0.5, 0.6) is 0 Å². The number of fused-ring (bicyclic) bond motifs is 1. The third-order valence-corrected chi connectivity index (χ3v) is 5.59. The van der Waals surface area contributed by atoms with Crippen LogP contribution in [0.15, 0.2) is 60.7 Å². The molecule has 0 saturated heterocycles. The number of anilines is 1. The van der Waals surface area contributed by atoms with Gasteiger partial charge < -0.3 is 9.67 Å². The number of aromatic nitrogens is 2. The van der Waals surface area contributed by atoms with Crippen LogP contribution in [0.3, 0.4) is 0 Å². The summed E-state index contributed by atoms with van der Waals surface area (Å²) in [6.07, 6.45) is 0.175. The zero-order valence-corrected chi connectivity index (χ0v) is 20.8. The lowest BCUT2D eigenvalue weighted by Gasteiger charge is -2.32. The largest absolute Gasteiger partial charge is 0.350 e. The molecule has 2 amide bonds. The smallest absolute Gasteiger partial charge is 0.337 e. The summed E-state index contributed by atoms with van der Waals surface area (Å²) in [5, 5.41) is 7.19. The summed E-state index contributed by atoms with van der Waals surface area (Å²) in [4.78, 5) is 21.2. The maximum Gasteiger partial charge on any atom is 0.350 e. The lowest BCUT2D eigenvalue weighted by atomic mass is 10.1. The van der Waals surface area contributed by atoms with Crippen molar-refractivity contribution in [1.82, 2.24) is 14.5 Å². The minimum Gasteiger partial charge on any atom is -0.337 e. The standard InChI is InChI=1S/C25H28N4O.C2H4F2O/c1-5-9-21-23-24(28(4)25(30)27(21)3)26-22(16-19-10-7-6-8-11-19)29(23)17-20-14-12-18(2)13-15-20;1-2(3,4)5/h6-15H,5,16-17H2,1-4H3;5H,1H3/b21-9-;. The van der Waals surface area contributed by atoms with Gasteiger partial charge in [0.1, 0.15) is 11.5 Å². The lowest BCUT2D eigenvalue weighted by molar-refractivity contribution is -0.181. The number of carbonyl (C=O) groups excluding carboxylic acids is 1. The van der Waals surface area contributed by atoms with Crippen LogP contribution < -0.4 is 4.90 Å². The van der Waals surface area contributed by atoms with Crippen LogP contribution in [-0.2, 0) is 13.0 Å². The Hall–Kier alpha value is -3.52. The van der Waals surface area contributed by atoms with Gasteiger partial charge in [0.25, 0.3) is 0 Å². The van der Waals surface area contributed by atoms with Crippen LogP contribution >= 0.6 is 0 Å². The Labute approximate surface area is 205 Å². The summed E-state index contributed by atoms with van der Waals surface area (Å²) in [6, 6.07) is 18.9. The first-order valence-electron chi connectivity index (χ1n) is 11.5. The van der Waals surface area contributed by atoms with Gasteiger partial charge in [-0.3, -0.25) is 9.80 Å². The highest BCUT2D eigenvalue weighted by molar-refractivity contribution is 6.02. The minimum atomic E-state index is -3.50. The van der Waals surface area contributed by atoms with Gasteiger partial charge in [-0.1, -0.05) is 73.2 Å². The number of allylic oxidation sites excluding steroid dienone is 1. The summed E-state index contributed by atoms with van der Waals surface area (Å²) in [6.45, 7) is 5.31. The Balaban J connectivity index is 0.000000623. The van der Waals surface area contributed by atoms with E-state index < -0.39 is 6.11 Å². The molecule has 2 heterocycles. The minimum absolute atomic E-state index is 0.0616. The van der Waals surface area contributed by atoms with Gasteiger partial charge >= 0.3 is 12.1 Å². The molecule has 1 N–H and O–H groups in total. The van der Waals surface area contributed by atoms with E-state index in [1.165, 1.54) is 16.7 Å². The second-order valence-corrected chi connectivity index (χ2v) is 8.67. The molecule has 0 unspecified atom stereocenters. The first-order chi connectivity index (χ1) is 16.5. The predicted molar refractivity (Wildman–Crippen MR) is 134 cm³/mol. The Bertz CT molecular complexity index is 1180. The van der Waals surface area contributed by atoms with E-state index in [9.17, 15) is 13.6 Å². The summed E-state index contributed by atoms with van der Waals surface area (Å²) in [5.41, 5.74) is 5.59. The molecule has 0 fully saturated rings. The topological polar surface area (TPSA) is 61.6 Å². The molecule has 1 aliphatic rings. The number of amides is 2. The van der Waals surface area contributed by atoms with Crippen molar-refractivity contribution in [2.45, 2.75) is 46.3 Å². The average molecular weight is 483 g/mol. The SMILES string of the molecule is CC(O)(F)F.CC/C=C1/c2c(nc(Cc3ccccc3)n2Cc2ccc(C)cc2)N(C)C(=O)N1C. The number of hydrogen-bond donors (Lipinski definition) is 1. The average Bonchev–Trinajstić information content (AvgIpc) is 3.14. The van der Waals surface area contributed by atoms with E-state index in [-0.39, 0.29) is 6.03 Å². The zero-order valence-electron chi connectivity index (χ0n) is 20.8. The number of alkyl halides is 2. The third kappa shape index (κ3) is 6.54. The number of benzene rings is 2. The monoisotopic (exact) mass is 482 g/mol. The molecule has 4 rings (SSSR count). The number of halogens is 2. The lowest BCUT2D eigenvalue weighted by Crippen LogP contribution is -2.42. The van der Waals surface area contributed by atoms with Crippen molar-refractivity contribution in [2.24, 2.45) is 0 Å². The van der Waals surface area contributed by atoms with Crippen LogP contribution in [0.25, 0.3) is 5.70 Å². The summed E-state index contributed by atoms with van der Waals surface area (Å²) < 4.78 is 23.4. The number of nitrogens with zero attached hydrogens (tertiary/aromatic N) is 4. The van der Waals surface area contributed by atoms with Gasteiger partial charge in [-0.05, 0) is 24.5 Å². The molecule has 0 radical (unpaired) electrons. The molecule has 2 aromatic carbocycles. The van der Waals surface area contributed by atoms with E-state index in [1.807, 2.05) is 25.2 Å². The van der Waals surface area contributed by atoms with Gasteiger partial charge in [0.2, 0.25) is 0 Å². The highest BCUT2D eigenvalue weighted by Crippen LogP contribution is 2.36. The molecule has 8 heteroatoms. The zero-order chi connectivity index (χ0) is 25.8. The molecular weight excluding hydrogens is 450 g/mol. The Morgan fingerprint density at radius 2 is 1.60 bits per heavy atom. The fourth-order valence-corrected chi connectivity index (χ4v) is 3.94. The van der Waals surface area contributed by atoms with Crippen molar-refractivity contribution in [3.05, 3.63) is 88.9 Å². The molecule has 0 aliphatic carbocycles. The molecule has 3 aromatic rings. The summed E-state index contributed by atoms with van der Waals surface area (Å²) in [5.74, 6) is 1.69. The number of carbonyl (C=O) groups is 1. The van der Waals surface area contributed by atoms with Crippen LogP contribution in [0, 0.1) is 6.92 Å². The number of urea groups is 1. The van der Waals surface area contributed by atoms with E-state index in [2.05, 4.69) is 60.9 Å². The molecule has 0 saturated carbocycles. The molecule has 0 atom stereocenters. The molecule has 0 bridgehead atoms. The van der Waals surface area contributed by atoms with Crippen molar-refractivity contribution in [3.63, 3.8) is 0 Å². The predicted octanol–water partition coefficient (Wildman–Crippen LogP) is 5.67. The van der Waals surface area contributed by atoms with Gasteiger partial charge in [0.05, 0.1) is 5.70 Å². The number of aryl methyl sites for hydroxylation is 1. The van der Waals surface area contributed by atoms with Crippen molar-refractivity contribution < 1.29 is 18.7 Å². The van der Waals surface area contributed by atoms with Crippen LogP contribution in [0.1, 0.15) is 48.5 Å². The van der Waals surface area contributed by atoms with Crippen molar-refractivity contribution in [3.8, 4) is 0 Å². The Morgan fingerprint density at radius 1 is 1.00 bits per heavy atom. The van der Waals surface area contributed by atoms with Gasteiger partial charge in [0.15, 0.2) is 5.82 Å². The molecule has 1 aliphatic heterocycles. The van der Waals surface area contributed by atoms with Gasteiger partial charge in [-0.15, -0.1) is 0 Å². The van der Waals surface area contributed by atoms with E-state index >= 15 is 0 Å². The van der Waals surface area contributed by atoms with Crippen LogP contribution in [-0.4, -0.2) is 45.8 Å². The van der Waals surface area contributed by atoms with Crippen molar-refractivity contribution in [2.75, 3.05) is 19.0 Å². The summed E-state index contributed by atoms with van der Waals surface area (Å²) >= 11 is 0. The van der Waals surface area contributed by atoms with Gasteiger partial charge in [-0.25, -0.2) is 9.78 Å². The van der Waals surface area contributed by atoms with Crippen LogP contribution in [0.4, 0.5) is 19.4 Å². The number of hydrogen-bond acceptors (Lipinski definition) is 3. The van der Waals surface area contributed by atoms with Gasteiger partial charge in [0, 0.05) is 34.0 Å². The molecule has 35 heavy (non-hydrogen) atoms. The number of imidazole rings is 1. The van der Waals surface area contributed by atoms with E-state index in [1.54, 1.807) is 16.8 Å². The molecular formula is C27H32F2N4O2. The van der Waals surface area contributed by atoms with E-state index in [4.69, 9.17) is 10.1 Å². The molecule has 1 aromatic heterocycles. The highest BCUT2D eigenvalue weighted by Gasteiger charge is 2.35. The molecule has 6 nitrogen and oxygen atoms in total. The third-order valence-electron chi connectivity index (χ3n) is 5.59. The Kier molecular flexibility index (Phi) is 8.07. The second kappa shape index (κ2) is 10.8. The maximum atomic E-state index is 12.8. The van der Waals surface area contributed by atoms with Gasteiger partial charge in [-0.2, -0.15) is 8.78 Å². The number of rotatable bonds is 5. The Morgan fingerprint density at radius 3 is 2.17 bits per heavy atom.